The van der Waals surface area contributed by atoms with Gasteiger partial charge in [-0.25, -0.2) is 0 Å². The minimum Gasteiger partial charge on any atom is -0.0696 e. The molecule has 3 aromatic carbocycles. The summed E-state index contributed by atoms with van der Waals surface area (Å²) in [5.41, 5.74) is 3.50. The summed E-state index contributed by atoms with van der Waals surface area (Å²) in [6, 6.07) is 23.0. The van der Waals surface area contributed by atoms with Crippen molar-refractivity contribution < 1.29 is 0 Å². The quantitative estimate of drug-likeness (QED) is 0.531. The summed E-state index contributed by atoms with van der Waals surface area (Å²) in [7, 11) is 0. The Bertz CT molecular complexity index is 843. The maximum Gasteiger partial charge on any atom is 0.0248 e. The van der Waals surface area contributed by atoms with Crippen molar-refractivity contribution in [2.45, 2.75) is 6.92 Å². The van der Waals surface area contributed by atoms with Crippen molar-refractivity contribution in [3.8, 4) is 11.8 Å². The lowest BCUT2D eigenvalue weighted by atomic mass is 10.0. The Balaban J connectivity index is 1.80. The predicted octanol–water partition coefficient (Wildman–Crippen LogP) is 5.21. The van der Waals surface area contributed by atoms with Crippen LogP contribution in [0, 0.1) is 18.8 Å². The summed E-state index contributed by atoms with van der Waals surface area (Å²) >= 11 is 0. The third-order valence-electron chi connectivity index (χ3n) is 3.37. The average Bonchev–Trinajstić information content (AvgIpc) is 2.52. The van der Waals surface area contributed by atoms with Gasteiger partial charge in [0.05, 0.1) is 0 Å². The van der Waals surface area contributed by atoms with E-state index in [1.807, 2.05) is 36.4 Å². The van der Waals surface area contributed by atoms with Crippen LogP contribution in [0.25, 0.3) is 16.8 Å². The standard InChI is InChI=1S/C21H16/c1-17-11-13-21-16-19(12-14-20(21)15-17)10-6-5-9-18-7-3-2-4-8-18/h2-4,6-8,10-16H,1H3. The Hall–Kier alpha value is -2.78. The Labute approximate surface area is 125 Å². The molecule has 21 heavy (non-hydrogen) atoms. The van der Waals surface area contributed by atoms with Crippen molar-refractivity contribution in [1.29, 1.82) is 0 Å². The van der Waals surface area contributed by atoms with E-state index in [1.165, 1.54) is 21.9 Å². The number of hydrogen-bond acceptors (Lipinski definition) is 0. The molecule has 0 spiro atoms. The summed E-state index contributed by atoms with van der Waals surface area (Å²) in [5, 5.41) is 2.54. The van der Waals surface area contributed by atoms with E-state index in [9.17, 15) is 0 Å². The molecule has 0 heteroatoms. The van der Waals surface area contributed by atoms with E-state index in [0.29, 0.717) is 0 Å². The Morgan fingerprint density at radius 3 is 2.43 bits per heavy atom. The lowest BCUT2D eigenvalue weighted by Gasteiger charge is -2.00. The zero-order chi connectivity index (χ0) is 14.5. The number of benzene rings is 3. The first-order valence-electron chi connectivity index (χ1n) is 7.05. The van der Waals surface area contributed by atoms with Gasteiger partial charge in [-0.15, -0.1) is 0 Å². The normalized spacial score (nSPS) is 10.5. The molecule has 3 aromatic rings. The van der Waals surface area contributed by atoms with Crippen LogP contribution in [0.1, 0.15) is 16.7 Å². The molecule has 0 atom stereocenters. The van der Waals surface area contributed by atoms with Crippen LogP contribution in [0.4, 0.5) is 0 Å². The lowest BCUT2D eigenvalue weighted by molar-refractivity contribution is 1.50. The minimum atomic E-state index is 1.04. The molecule has 3 rings (SSSR count). The van der Waals surface area contributed by atoms with Crippen LogP contribution in [0.2, 0.25) is 0 Å². The maximum atomic E-state index is 3.12. The van der Waals surface area contributed by atoms with Gasteiger partial charge in [-0.1, -0.05) is 65.9 Å². The van der Waals surface area contributed by atoms with Gasteiger partial charge in [0.15, 0.2) is 0 Å². The fourth-order valence-corrected chi connectivity index (χ4v) is 2.27. The largest absolute Gasteiger partial charge is 0.0696 e. The Morgan fingerprint density at radius 2 is 1.57 bits per heavy atom. The van der Waals surface area contributed by atoms with Crippen molar-refractivity contribution in [3.05, 3.63) is 89.5 Å². The zero-order valence-corrected chi connectivity index (χ0v) is 12.0. The van der Waals surface area contributed by atoms with E-state index >= 15 is 0 Å². The zero-order valence-electron chi connectivity index (χ0n) is 12.0. The fourth-order valence-electron chi connectivity index (χ4n) is 2.27. The first-order chi connectivity index (χ1) is 10.3. The average molecular weight is 268 g/mol. The predicted molar refractivity (Wildman–Crippen MR) is 91.0 cm³/mol. The molecule has 0 unspecified atom stereocenters. The van der Waals surface area contributed by atoms with Crippen molar-refractivity contribution in [2.75, 3.05) is 0 Å². The van der Waals surface area contributed by atoms with Crippen LogP contribution in [0.5, 0.6) is 0 Å². The number of aryl methyl sites for hydroxylation is 1. The molecule has 0 aliphatic rings. The monoisotopic (exact) mass is 268 g/mol. The number of hydrogen-bond donors (Lipinski definition) is 0. The van der Waals surface area contributed by atoms with Gasteiger partial charge in [-0.3, -0.25) is 0 Å². The van der Waals surface area contributed by atoms with E-state index in [-0.39, 0.29) is 0 Å². The molecule has 0 aliphatic heterocycles. The smallest absolute Gasteiger partial charge is 0.0248 e. The van der Waals surface area contributed by atoms with Crippen molar-refractivity contribution >= 4 is 16.8 Å². The van der Waals surface area contributed by atoms with E-state index in [1.54, 1.807) is 0 Å². The van der Waals surface area contributed by atoms with E-state index in [4.69, 9.17) is 0 Å². The second-order valence-corrected chi connectivity index (χ2v) is 5.08. The van der Waals surface area contributed by atoms with Crippen molar-refractivity contribution in [1.82, 2.24) is 0 Å². The summed E-state index contributed by atoms with van der Waals surface area (Å²) in [5.74, 6) is 6.20. The van der Waals surface area contributed by atoms with Crippen LogP contribution in [-0.2, 0) is 0 Å². The molecule has 0 amide bonds. The number of rotatable bonds is 1. The lowest BCUT2D eigenvalue weighted by Crippen LogP contribution is -1.77. The van der Waals surface area contributed by atoms with Gasteiger partial charge in [0.1, 0.15) is 0 Å². The van der Waals surface area contributed by atoms with E-state index in [0.717, 1.165) is 5.56 Å². The molecule has 100 valence electrons. The Morgan fingerprint density at radius 1 is 0.810 bits per heavy atom. The van der Waals surface area contributed by atoms with Gasteiger partial charge in [0, 0.05) is 5.56 Å². The third kappa shape index (κ3) is 3.41. The molecule has 0 saturated carbocycles. The minimum absolute atomic E-state index is 1.04. The van der Waals surface area contributed by atoms with Crippen LogP contribution in [0.15, 0.2) is 72.8 Å². The van der Waals surface area contributed by atoms with Gasteiger partial charge < -0.3 is 0 Å². The molecule has 0 aliphatic carbocycles. The first kappa shape index (κ1) is 13.2. The second-order valence-electron chi connectivity index (χ2n) is 5.08. The molecule has 0 radical (unpaired) electrons. The topological polar surface area (TPSA) is 0 Å². The third-order valence-corrected chi connectivity index (χ3v) is 3.37. The molecule has 0 heterocycles. The second kappa shape index (κ2) is 6.11. The molecular formula is C21H16. The molecule has 0 saturated heterocycles. The van der Waals surface area contributed by atoms with Crippen LogP contribution in [-0.4, -0.2) is 0 Å². The molecule has 0 aromatic heterocycles. The van der Waals surface area contributed by atoms with Crippen LogP contribution in [0.3, 0.4) is 0 Å². The summed E-state index contributed by atoms with van der Waals surface area (Å²) < 4.78 is 0. The summed E-state index contributed by atoms with van der Waals surface area (Å²) in [4.78, 5) is 0. The highest BCUT2D eigenvalue weighted by molar-refractivity contribution is 5.85. The highest BCUT2D eigenvalue weighted by Crippen LogP contribution is 2.18. The Kier molecular flexibility index (Phi) is 3.85. The SMILES string of the molecule is Cc1ccc2cc(C=CC#Cc3ccccc3)ccc2c1. The van der Waals surface area contributed by atoms with Gasteiger partial charge in [-0.2, -0.15) is 0 Å². The first-order valence-corrected chi connectivity index (χ1v) is 7.05. The van der Waals surface area contributed by atoms with Crippen molar-refractivity contribution in [2.24, 2.45) is 0 Å². The molecule has 0 nitrogen and oxygen atoms in total. The van der Waals surface area contributed by atoms with Gasteiger partial charge in [0.25, 0.3) is 0 Å². The number of allylic oxidation sites excluding steroid dienone is 1. The molecule has 0 fully saturated rings. The van der Waals surface area contributed by atoms with Gasteiger partial charge in [0.2, 0.25) is 0 Å². The summed E-state index contributed by atoms with van der Waals surface area (Å²) in [6.45, 7) is 2.12. The maximum absolute atomic E-state index is 3.12. The van der Waals surface area contributed by atoms with Crippen molar-refractivity contribution in [3.63, 3.8) is 0 Å². The fraction of sp³-hybridized carbons (Fsp3) is 0.0476. The van der Waals surface area contributed by atoms with E-state index in [2.05, 4.69) is 61.2 Å². The highest BCUT2D eigenvalue weighted by atomic mass is 14.0. The molecule has 0 N–H and O–H groups in total. The van der Waals surface area contributed by atoms with Crippen LogP contribution >= 0.6 is 0 Å². The van der Waals surface area contributed by atoms with Crippen LogP contribution < -0.4 is 0 Å². The summed E-state index contributed by atoms with van der Waals surface area (Å²) in [6.07, 6.45) is 3.96. The number of fused-ring (bicyclic) bond motifs is 1. The van der Waals surface area contributed by atoms with E-state index < -0.39 is 0 Å². The van der Waals surface area contributed by atoms with Gasteiger partial charge >= 0.3 is 0 Å². The van der Waals surface area contributed by atoms with Gasteiger partial charge in [-0.05, 0) is 53.6 Å². The molecule has 0 bridgehead atoms. The highest BCUT2D eigenvalue weighted by Gasteiger charge is 1.94. The molecular weight excluding hydrogens is 252 g/mol.